The van der Waals surface area contributed by atoms with Crippen molar-refractivity contribution in [3.63, 3.8) is 0 Å². The van der Waals surface area contributed by atoms with Gasteiger partial charge < -0.3 is 10.1 Å². The molecule has 2 rings (SSSR count). The summed E-state index contributed by atoms with van der Waals surface area (Å²) in [5.41, 5.74) is 2.79. The lowest BCUT2D eigenvalue weighted by Gasteiger charge is -2.07. The molecule has 108 valence electrons. The third-order valence-corrected chi connectivity index (χ3v) is 3.48. The van der Waals surface area contributed by atoms with Crippen LogP contribution in [0.2, 0.25) is 5.15 Å². The van der Waals surface area contributed by atoms with Crippen molar-refractivity contribution in [3.05, 3.63) is 40.4 Å². The van der Waals surface area contributed by atoms with Crippen molar-refractivity contribution in [3.8, 4) is 5.75 Å². The van der Waals surface area contributed by atoms with Crippen LogP contribution in [0.5, 0.6) is 5.75 Å². The van der Waals surface area contributed by atoms with E-state index in [1.165, 1.54) is 0 Å². The van der Waals surface area contributed by atoms with Gasteiger partial charge in [0.15, 0.2) is 0 Å². The summed E-state index contributed by atoms with van der Waals surface area (Å²) in [6.07, 6.45) is 1.73. The molecule has 0 saturated heterocycles. The molecule has 5 nitrogen and oxygen atoms in total. The minimum atomic E-state index is 0.396. The lowest BCUT2D eigenvalue weighted by Crippen LogP contribution is -2.12. The summed E-state index contributed by atoms with van der Waals surface area (Å²) in [6, 6.07) is 3.87. The van der Waals surface area contributed by atoms with E-state index in [-0.39, 0.29) is 0 Å². The molecule has 0 radical (unpaired) electrons. The fraction of sp³-hybridized carbons (Fsp3) is 0.429. The quantitative estimate of drug-likeness (QED) is 0.889. The summed E-state index contributed by atoms with van der Waals surface area (Å²) in [7, 11) is 1.82. The number of ether oxygens (including phenoxy) is 1. The highest BCUT2D eigenvalue weighted by atomic mass is 35.5. The Morgan fingerprint density at radius 2 is 2.20 bits per heavy atom. The predicted molar refractivity (Wildman–Crippen MR) is 78.9 cm³/mol. The molecule has 0 aromatic carbocycles. The third-order valence-electron chi connectivity index (χ3n) is 3.01. The Balaban J connectivity index is 1.97. The Kier molecular flexibility index (Phi) is 4.98. The van der Waals surface area contributed by atoms with E-state index in [0.717, 1.165) is 35.8 Å². The van der Waals surface area contributed by atoms with E-state index in [4.69, 9.17) is 16.3 Å². The van der Waals surface area contributed by atoms with Crippen LogP contribution in [0.25, 0.3) is 0 Å². The Labute approximate surface area is 123 Å². The first-order chi connectivity index (χ1) is 9.61. The fourth-order valence-electron chi connectivity index (χ4n) is 1.85. The number of nitrogens with zero attached hydrogens (tertiary/aromatic N) is 3. The normalized spacial score (nSPS) is 10.8. The van der Waals surface area contributed by atoms with E-state index in [9.17, 15) is 0 Å². The Morgan fingerprint density at radius 3 is 2.75 bits per heavy atom. The third kappa shape index (κ3) is 3.49. The van der Waals surface area contributed by atoms with Crippen LogP contribution in [0.15, 0.2) is 18.3 Å². The number of hydrogen-bond acceptors (Lipinski definition) is 4. The highest BCUT2D eigenvalue weighted by molar-refractivity contribution is 6.30. The van der Waals surface area contributed by atoms with Gasteiger partial charge in [0, 0.05) is 19.2 Å². The zero-order valence-corrected chi connectivity index (χ0v) is 12.7. The molecule has 0 fully saturated rings. The second-order valence-corrected chi connectivity index (χ2v) is 4.89. The molecular formula is C14H19ClN4O. The van der Waals surface area contributed by atoms with Gasteiger partial charge in [0.1, 0.15) is 17.5 Å². The highest BCUT2D eigenvalue weighted by Crippen LogP contribution is 2.21. The number of aromatic nitrogens is 3. The van der Waals surface area contributed by atoms with Crippen LogP contribution in [0, 0.1) is 6.92 Å². The van der Waals surface area contributed by atoms with Gasteiger partial charge in [-0.15, -0.1) is 0 Å². The van der Waals surface area contributed by atoms with Gasteiger partial charge in [-0.25, -0.2) is 0 Å². The second kappa shape index (κ2) is 6.72. The number of halogens is 1. The molecule has 0 aliphatic heterocycles. The van der Waals surface area contributed by atoms with Crippen LogP contribution in [0.3, 0.4) is 0 Å². The first-order valence-corrected chi connectivity index (χ1v) is 6.96. The van der Waals surface area contributed by atoms with Crippen molar-refractivity contribution in [2.75, 3.05) is 6.54 Å². The van der Waals surface area contributed by atoms with Crippen molar-refractivity contribution < 1.29 is 4.74 Å². The average molecular weight is 295 g/mol. The average Bonchev–Trinajstić information content (AvgIpc) is 2.69. The van der Waals surface area contributed by atoms with Gasteiger partial charge >= 0.3 is 0 Å². The van der Waals surface area contributed by atoms with Gasteiger partial charge in [0.2, 0.25) is 0 Å². The molecule has 1 N–H and O–H groups in total. The van der Waals surface area contributed by atoms with Crippen LogP contribution in [0.4, 0.5) is 0 Å². The molecule has 0 aliphatic rings. The lowest BCUT2D eigenvalue weighted by molar-refractivity contribution is 0.304. The smallest absolute Gasteiger partial charge is 0.138 e. The first-order valence-electron chi connectivity index (χ1n) is 6.58. The topological polar surface area (TPSA) is 52.0 Å². The SMILES string of the molecule is CCNCc1ccc(OCc2c(C)nn(C)c2Cl)cn1. The molecular weight excluding hydrogens is 276 g/mol. The summed E-state index contributed by atoms with van der Waals surface area (Å²) < 4.78 is 7.35. The maximum absolute atomic E-state index is 6.16. The number of nitrogens with one attached hydrogen (secondary N) is 1. The Bertz CT molecular complexity index is 565. The standard InChI is InChI=1S/C14H19ClN4O/c1-4-16-7-11-5-6-12(8-17-11)20-9-13-10(2)18-19(3)14(13)15/h5-6,8,16H,4,7,9H2,1-3H3. The van der Waals surface area contributed by atoms with Gasteiger partial charge in [-0.2, -0.15) is 5.10 Å². The molecule has 20 heavy (non-hydrogen) atoms. The molecule has 0 unspecified atom stereocenters. The molecule has 0 bridgehead atoms. The van der Waals surface area contributed by atoms with E-state index in [2.05, 4.69) is 22.3 Å². The minimum Gasteiger partial charge on any atom is -0.487 e. The Hall–Kier alpha value is -1.59. The Morgan fingerprint density at radius 1 is 1.40 bits per heavy atom. The van der Waals surface area contributed by atoms with Crippen molar-refractivity contribution in [1.82, 2.24) is 20.1 Å². The monoisotopic (exact) mass is 294 g/mol. The summed E-state index contributed by atoms with van der Waals surface area (Å²) in [6.45, 7) is 6.08. The van der Waals surface area contributed by atoms with Gasteiger partial charge in [-0.3, -0.25) is 9.67 Å². The maximum atomic E-state index is 6.16. The van der Waals surface area contributed by atoms with Gasteiger partial charge in [-0.1, -0.05) is 18.5 Å². The van der Waals surface area contributed by atoms with Crippen LogP contribution < -0.4 is 10.1 Å². The van der Waals surface area contributed by atoms with Gasteiger partial charge in [0.25, 0.3) is 0 Å². The number of rotatable bonds is 6. The molecule has 2 aromatic rings. The van der Waals surface area contributed by atoms with Crippen molar-refractivity contribution in [2.45, 2.75) is 27.0 Å². The molecule has 0 saturated carbocycles. The first kappa shape index (κ1) is 14.8. The minimum absolute atomic E-state index is 0.396. The van der Waals surface area contributed by atoms with Crippen molar-refractivity contribution in [2.24, 2.45) is 7.05 Å². The zero-order chi connectivity index (χ0) is 14.5. The number of hydrogen-bond donors (Lipinski definition) is 1. The fourth-order valence-corrected chi connectivity index (χ4v) is 2.08. The maximum Gasteiger partial charge on any atom is 0.138 e. The molecule has 0 aliphatic carbocycles. The molecule has 0 atom stereocenters. The van der Waals surface area contributed by atoms with Gasteiger partial charge in [0.05, 0.1) is 17.6 Å². The van der Waals surface area contributed by atoms with E-state index < -0.39 is 0 Å². The van der Waals surface area contributed by atoms with E-state index in [0.29, 0.717) is 11.8 Å². The van der Waals surface area contributed by atoms with Crippen LogP contribution in [-0.4, -0.2) is 21.3 Å². The van der Waals surface area contributed by atoms with Crippen LogP contribution >= 0.6 is 11.6 Å². The van der Waals surface area contributed by atoms with E-state index >= 15 is 0 Å². The lowest BCUT2D eigenvalue weighted by atomic mass is 10.3. The molecule has 6 heteroatoms. The largest absolute Gasteiger partial charge is 0.487 e. The van der Waals surface area contributed by atoms with Crippen molar-refractivity contribution in [1.29, 1.82) is 0 Å². The van der Waals surface area contributed by atoms with E-state index in [1.807, 2.05) is 26.1 Å². The van der Waals surface area contributed by atoms with Crippen LogP contribution in [0.1, 0.15) is 23.9 Å². The zero-order valence-electron chi connectivity index (χ0n) is 12.0. The molecule has 0 amide bonds. The highest BCUT2D eigenvalue weighted by Gasteiger charge is 2.11. The van der Waals surface area contributed by atoms with Crippen molar-refractivity contribution >= 4 is 11.6 Å². The number of pyridine rings is 1. The predicted octanol–water partition coefficient (Wildman–Crippen LogP) is 2.47. The summed E-state index contributed by atoms with van der Waals surface area (Å²) in [4.78, 5) is 4.34. The van der Waals surface area contributed by atoms with Crippen LogP contribution in [-0.2, 0) is 20.2 Å². The van der Waals surface area contributed by atoms with Gasteiger partial charge in [-0.05, 0) is 25.6 Å². The molecule has 2 heterocycles. The second-order valence-electron chi connectivity index (χ2n) is 4.53. The molecule has 0 spiro atoms. The summed E-state index contributed by atoms with van der Waals surface area (Å²) in [5.74, 6) is 0.726. The van der Waals surface area contributed by atoms with E-state index in [1.54, 1.807) is 10.9 Å². The molecule has 2 aromatic heterocycles. The summed E-state index contributed by atoms with van der Waals surface area (Å²) >= 11 is 6.16. The summed E-state index contributed by atoms with van der Waals surface area (Å²) in [5, 5.41) is 8.09. The number of aryl methyl sites for hydroxylation is 2.